The van der Waals surface area contributed by atoms with Crippen molar-refractivity contribution < 1.29 is 9.32 Å². The molecule has 4 rings (SSSR count). The van der Waals surface area contributed by atoms with Gasteiger partial charge in [-0.3, -0.25) is 0 Å². The fourth-order valence-corrected chi connectivity index (χ4v) is 3.25. The molecule has 0 unspecified atom stereocenters. The number of aromatic amines is 1. The Labute approximate surface area is 164 Å². The Morgan fingerprint density at radius 2 is 1.78 bits per heavy atom. The molecule has 0 spiro atoms. The van der Waals surface area contributed by atoms with E-state index in [1.54, 1.807) is 6.20 Å². The zero-order valence-electron chi connectivity index (χ0n) is 14.6. The van der Waals surface area contributed by atoms with Gasteiger partial charge in [0.25, 0.3) is 0 Å². The number of carbonyl (C=O) groups is 1. The number of nitrogens with one attached hydrogen (secondary N) is 1. The highest BCUT2D eigenvalue weighted by Crippen LogP contribution is 2.34. The maximum absolute atomic E-state index is 10.6. The third kappa shape index (κ3) is 3.48. The van der Waals surface area contributed by atoms with Crippen molar-refractivity contribution in [3.8, 4) is 33.9 Å². The van der Waals surface area contributed by atoms with Crippen LogP contribution < -0.4 is 0 Å². The predicted molar refractivity (Wildman–Crippen MR) is 107 cm³/mol. The van der Waals surface area contributed by atoms with Crippen molar-refractivity contribution in [2.75, 3.05) is 0 Å². The number of hydrogen-bond donors (Lipinski definition) is 1. The van der Waals surface area contributed by atoms with Gasteiger partial charge in [-0.2, -0.15) is 0 Å². The molecule has 2 aromatic heterocycles. The number of imidazole rings is 1. The molecule has 0 atom stereocenters. The van der Waals surface area contributed by atoms with Crippen molar-refractivity contribution in [3.05, 3.63) is 70.5 Å². The monoisotopic (exact) mass is 421 g/mol. The molecule has 0 radical (unpaired) electrons. The fourth-order valence-electron chi connectivity index (χ4n) is 2.98. The van der Waals surface area contributed by atoms with Gasteiger partial charge in [-0.05, 0) is 24.6 Å². The van der Waals surface area contributed by atoms with E-state index in [-0.39, 0.29) is 0 Å². The quantitative estimate of drug-likeness (QED) is 0.448. The lowest BCUT2D eigenvalue weighted by atomic mass is 10.0. The van der Waals surface area contributed by atoms with Crippen LogP contribution >= 0.6 is 15.9 Å². The van der Waals surface area contributed by atoms with Gasteiger partial charge in [0.05, 0.1) is 17.5 Å². The Balaban J connectivity index is 1.70. The second-order valence-corrected chi connectivity index (χ2v) is 7.10. The van der Waals surface area contributed by atoms with E-state index in [1.165, 1.54) is 0 Å². The number of halogens is 1. The molecule has 0 aliphatic heterocycles. The first-order chi connectivity index (χ1) is 13.2. The topological polar surface area (TPSA) is 71.8 Å². The minimum Gasteiger partial charge on any atom is -0.360 e. The van der Waals surface area contributed by atoms with Gasteiger partial charge >= 0.3 is 0 Å². The van der Waals surface area contributed by atoms with E-state index in [4.69, 9.17) is 4.52 Å². The highest BCUT2D eigenvalue weighted by molar-refractivity contribution is 9.10. The molecule has 2 aromatic carbocycles. The molecule has 0 aliphatic rings. The van der Waals surface area contributed by atoms with Gasteiger partial charge in [-0.15, -0.1) is 0 Å². The van der Waals surface area contributed by atoms with Gasteiger partial charge < -0.3 is 14.3 Å². The molecular formula is C21H16BrN3O2. The van der Waals surface area contributed by atoms with E-state index in [2.05, 4.69) is 31.1 Å². The van der Waals surface area contributed by atoms with Crippen LogP contribution in [0, 0.1) is 6.92 Å². The van der Waals surface area contributed by atoms with Crippen molar-refractivity contribution in [2.45, 2.75) is 13.3 Å². The molecule has 0 fully saturated rings. The summed E-state index contributed by atoms with van der Waals surface area (Å²) >= 11 is 3.45. The van der Waals surface area contributed by atoms with E-state index in [9.17, 15) is 4.79 Å². The van der Waals surface area contributed by atoms with Crippen molar-refractivity contribution in [1.29, 1.82) is 0 Å². The third-order valence-corrected chi connectivity index (χ3v) is 4.90. The van der Waals surface area contributed by atoms with Crippen LogP contribution in [0.4, 0.5) is 0 Å². The summed E-state index contributed by atoms with van der Waals surface area (Å²) in [5, 5.41) is 4.23. The van der Waals surface area contributed by atoms with Crippen LogP contribution in [-0.4, -0.2) is 21.4 Å². The number of H-pyrrole nitrogens is 1. The van der Waals surface area contributed by atoms with Crippen LogP contribution in [0.5, 0.6) is 0 Å². The SMILES string of the molecule is Cc1onc(-c2ccc(Br)cc2)c1-c1cnc(-c2ccc(CC=O)cc2)[nH]1. The summed E-state index contributed by atoms with van der Waals surface area (Å²) in [5.74, 6) is 1.48. The molecular weight excluding hydrogens is 406 g/mol. The number of carbonyl (C=O) groups excluding carboxylic acids is 1. The Bertz CT molecular complexity index is 1080. The number of nitrogens with zero attached hydrogens (tertiary/aromatic N) is 2. The normalized spacial score (nSPS) is 10.9. The molecule has 0 bridgehead atoms. The van der Waals surface area contributed by atoms with Crippen molar-refractivity contribution in [3.63, 3.8) is 0 Å². The number of aldehydes is 1. The van der Waals surface area contributed by atoms with Gasteiger partial charge in [0.2, 0.25) is 0 Å². The van der Waals surface area contributed by atoms with E-state index in [0.717, 1.165) is 56.0 Å². The molecule has 4 aromatic rings. The second kappa shape index (κ2) is 7.32. The lowest BCUT2D eigenvalue weighted by Crippen LogP contribution is -1.87. The van der Waals surface area contributed by atoms with Gasteiger partial charge in [-0.1, -0.05) is 57.5 Å². The molecule has 0 saturated heterocycles. The molecule has 27 heavy (non-hydrogen) atoms. The first-order valence-electron chi connectivity index (χ1n) is 8.46. The Kier molecular flexibility index (Phi) is 4.73. The van der Waals surface area contributed by atoms with E-state index in [1.807, 2.05) is 55.5 Å². The highest BCUT2D eigenvalue weighted by atomic mass is 79.9. The summed E-state index contributed by atoms with van der Waals surface area (Å²) in [4.78, 5) is 18.5. The average molecular weight is 422 g/mol. The van der Waals surface area contributed by atoms with Crippen molar-refractivity contribution in [1.82, 2.24) is 15.1 Å². The molecule has 2 heterocycles. The van der Waals surface area contributed by atoms with E-state index in [0.29, 0.717) is 6.42 Å². The lowest BCUT2D eigenvalue weighted by molar-refractivity contribution is -0.107. The predicted octanol–water partition coefficient (Wildman–Crippen LogP) is 5.21. The Morgan fingerprint density at radius 3 is 2.48 bits per heavy atom. The molecule has 0 amide bonds. The van der Waals surface area contributed by atoms with Gasteiger partial charge in [0.15, 0.2) is 0 Å². The molecule has 0 aliphatic carbocycles. The summed E-state index contributed by atoms with van der Waals surface area (Å²) in [5.41, 5.74) is 5.42. The summed E-state index contributed by atoms with van der Waals surface area (Å²) in [6.45, 7) is 1.89. The Morgan fingerprint density at radius 1 is 1.07 bits per heavy atom. The molecule has 5 nitrogen and oxygen atoms in total. The van der Waals surface area contributed by atoms with Crippen LogP contribution in [0.2, 0.25) is 0 Å². The van der Waals surface area contributed by atoms with Crippen molar-refractivity contribution >= 4 is 22.2 Å². The first-order valence-corrected chi connectivity index (χ1v) is 9.25. The lowest BCUT2D eigenvalue weighted by Gasteiger charge is -2.02. The summed E-state index contributed by atoms with van der Waals surface area (Å²) in [6, 6.07) is 15.7. The number of benzene rings is 2. The highest BCUT2D eigenvalue weighted by Gasteiger charge is 2.19. The van der Waals surface area contributed by atoms with Crippen LogP contribution in [0.1, 0.15) is 11.3 Å². The zero-order valence-corrected chi connectivity index (χ0v) is 16.2. The van der Waals surface area contributed by atoms with Crippen LogP contribution in [0.3, 0.4) is 0 Å². The first kappa shape index (κ1) is 17.4. The standard InChI is InChI=1S/C21H16BrN3O2/c1-13-19(20(25-27-13)15-6-8-17(22)9-7-15)18-12-23-21(24-18)16-4-2-14(3-5-16)10-11-26/h2-9,11-12H,10H2,1H3,(H,23,24). The maximum atomic E-state index is 10.6. The minimum atomic E-state index is 0.417. The largest absolute Gasteiger partial charge is 0.360 e. The zero-order chi connectivity index (χ0) is 18.8. The molecule has 1 N–H and O–H groups in total. The van der Waals surface area contributed by atoms with E-state index >= 15 is 0 Å². The van der Waals surface area contributed by atoms with Gasteiger partial charge in [-0.25, -0.2) is 4.98 Å². The minimum absolute atomic E-state index is 0.417. The van der Waals surface area contributed by atoms with Crippen LogP contribution in [0.15, 0.2) is 63.7 Å². The average Bonchev–Trinajstić information content (AvgIpc) is 3.30. The molecule has 0 saturated carbocycles. The van der Waals surface area contributed by atoms with Crippen LogP contribution in [0.25, 0.3) is 33.9 Å². The number of hydrogen-bond acceptors (Lipinski definition) is 4. The van der Waals surface area contributed by atoms with Gasteiger partial charge in [0, 0.05) is 22.0 Å². The maximum Gasteiger partial charge on any atom is 0.143 e. The fraction of sp³-hybridized carbons (Fsp3) is 0.0952. The molecule has 6 heteroatoms. The van der Waals surface area contributed by atoms with E-state index < -0.39 is 0 Å². The summed E-state index contributed by atoms with van der Waals surface area (Å²) in [6.07, 6.45) is 3.11. The summed E-state index contributed by atoms with van der Waals surface area (Å²) < 4.78 is 6.46. The number of rotatable bonds is 5. The third-order valence-electron chi connectivity index (χ3n) is 4.37. The second-order valence-electron chi connectivity index (χ2n) is 6.18. The number of aromatic nitrogens is 3. The van der Waals surface area contributed by atoms with Crippen LogP contribution in [-0.2, 0) is 11.2 Å². The smallest absolute Gasteiger partial charge is 0.143 e. The Hall–Kier alpha value is -2.99. The summed E-state index contributed by atoms with van der Waals surface area (Å²) in [7, 11) is 0. The number of aryl methyl sites for hydroxylation is 1. The molecule has 134 valence electrons. The van der Waals surface area contributed by atoms with Crippen molar-refractivity contribution in [2.24, 2.45) is 0 Å². The van der Waals surface area contributed by atoms with Gasteiger partial charge in [0.1, 0.15) is 23.6 Å².